The molecule has 10 heteroatoms. The van der Waals surface area contributed by atoms with Crippen LogP contribution in [0.15, 0.2) is 73.2 Å². The zero-order chi connectivity index (χ0) is 24.8. The summed E-state index contributed by atoms with van der Waals surface area (Å²) in [4.78, 5) is 16.8. The number of aromatic nitrogens is 7. The van der Waals surface area contributed by atoms with Gasteiger partial charge in [0.25, 0.3) is 12.0 Å². The van der Waals surface area contributed by atoms with Gasteiger partial charge >= 0.3 is 0 Å². The van der Waals surface area contributed by atoms with Crippen molar-refractivity contribution in [3.63, 3.8) is 0 Å². The fraction of sp³-hybridized carbons (Fsp3) is 0.259. The number of imidazole rings is 3. The smallest absolute Gasteiger partial charge is 0.298 e. The molecule has 6 rings (SSSR count). The van der Waals surface area contributed by atoms with Gasteiger partial charge in [-0.05, 0) is 36.4 Å². The maximum atomic E-state index is 5.08. The quantitative estimate of drug-likeness (QED) is 0.327. The summed E-state index contributed by atoms with van der Waals surface area (Å²) in [5.74, 6) is 0.649. The van der Waals surface area contributed by atoms with Gasteiger partial charge in [-0.3, -0.25) is 9.13 Å². The first-order valence-corrected chi connectivity index (χ1v) is 10.8. The molecule has 0 amide bonds. The number of aryl methyl sites for hydroxylation is 2. The van der Waals surface area contributed by atoms with Crippen LogP contribution in [0.4, 0.5) is 0 Å². The molecule has 196 valence electrons. The zero-order valence-electron chi connectivity index (χ0n) is 20.3. The van der Waals surface area contributed by atoms with Crippen molar-refractivity contribution in [2.45, 2.75) is 14.9 Å². The Kier molecular flexibility index (Phi) is 10.00. The van der Waals surface area contributed by atoms with Gasteiger partial charge in [0, 0.05) is 26.5 Å². The number of methoxy groups -OCH3 is 3. The van der Waals surface area contributed by atoms with Crippen LogP contribution in [-0.2, 0) is 14.1 Å². The Labute approximate surface area is 217 Å². The van der Waals surface area contributed by atoms with Gasteiger partial charge in [-0.15, -0.1) is 0 Å². The first kappa shape index (κ1) is 28.6. The van der Waals surface area contributed by atoms with E-state index in [1.807, 2.05) is 94.6 Å². The highest BCUT2D eigenvalue weighted by molar-refractivity contribution is 5.76. The number of pyridine rings is 2. The van der Waals surface area contributed by atoms with Crippen molar-refractivity contribution in [3.05, 3.63) is 73.2 Å². The molecular formula is C27H35N7O3. The highest BCUT2D eigenvalue weighted by Gasteiger charge is 2.07. The van der Waals surface area contributed by atoms with Gasteiger partial charge in [-0.25, -0.2) is 4.98 Å². The summed E-state index contributed by atoms with van der Waals surface area (Å²) in [5.41, 5.74) is 4.67. The highest BCUT2D eigenvalue weighted by Crippen LogP contribution is 2.18. The van der Waals surface area contributed by atoms with E-state index in [0.29, 0.717) is 17.9 Å². The zero-order valence-corrected chi connectivity index (χ0v) is 20.3. The summed E-state index contributed by atoms with van der Waals surface area (Å²) in [5, 5.41) is 0. The lowest BCUT2D eigenvalue weighted by Crippen LogP contribution is -1.94. The van der Waals surface area contributed by atoms with E-state index >= 15 is 0 Å². The van der Waals surface area contributed by atoms with Crippen LogP contribution in [0.3, 0.4) is 0 Å². The fourth-order valence-corrected chi connectivity index (χ4v) is 3.50. The Morgan fingerprint density at radius 3 is 1.97 bits per heavy atom. The predicted molar refractivity (Wildman–Crippen MR) is 148 cm³/mol. The molecule has 5 heterocycles. The van der Waals surface area contributed by atoms with E-state index in [1.54, 1.807) is 27.5 Å². The van der Waals surface area contributed by atoms with Crippen LogP contribution in [0.2, 0.25) is 0 Å². The molecule has 5 aromatic heterocycles. The summed E-state index contributed by atoms with van der Waals surface area (Å²) in [6.45, 7) is 0. The second-order valence-corrected chi connectivity index (χ2v) is 7.40. The van der Waals surface area contributed by atoms with Gasteiger partial charge < -0.3 is 18.6 Å². The van der Waals surface area contributed by atoms with E-state index in [4.69, 9.17) is 14.2 Å². The van der Waals surface area contributed by atoms with E-state index in [-0.39, 0.29) is 14.9 Å². The molecule has 0 saturated heterocycles. The molecule has 37 heavy (non-hydrogen) atoms. The normalized spacial score (nSPS) is 9.86. The largest absolute Gasteiger partial charge is 0.480 e. The Morgan fingerprint density at radius 1 is 0.676 bits per heavy atom. The average Bonchev–Trinajstić information content (AvgIpc) is 3.58. The number of nitrogens with zero attached hydrogens (tertiary/aromatic N) is 7. The molecule has 0 radical (unpaired) electrons. The molecule has 0 unspecified atom stereocenters. The third kappa shape index (κ3) is 6.16. The molecule has 1 aromatic carbocycles. The van der Waals surface area contributed by atoms with E-state index in [2.05, 4.69) is 19.9 Å². The van der Waals surface area contributed by atoms with Crippen molar-refractivity contribution in [3.8, 4) is 17.9 Å². The summed E-state index contributed by atoms with van der Waals surface area (Å²) >= 11 is 0. The van der Waals surface area contributed by atoms with Crippen LogP contribution in [0, 0.1) is 0 Å². The molecule has 0 spiro atoms. The molecule has 0 fully saturated rings. The molecule has 0 aliphatic carbocycles. The third-order valence-electron chi connectivity index (χ3n) is 5.25. The van der Waals surface area contributed by atoms with Crippen LogP contribution < -0.4 is 14.2 Å². The maximum absolute atomic E-state index is 5.08. The second kappa shape index (κ2) is 12.9. The number of hydrogen-bond donors (Lipinski definition) is 0. The molecule has 0 aliphatic rings. The van der Waals surface area contributed by atoms with Crippen molar-refractivity contribution in [2.24, 2.45) is 14.1 Å². The van der Waals surface area contributed by atoms with Crippen LogP contribution in [-0.4, -0.2) is 54.8 Å². The Morgan fingerprint density at radius 2 is 1.32 bits per heavy atom. The van der Waals surface area contributed by atoms with E-state index in [0.717, 1.165) is 27.8 Å². The summed E-state index contributed by atoms with van der Waals surface area (Å²) < 4.78 is 20.7. The minimum atomic E-state index is 0. The molecule has 0 aliphatic heterocycles. The minimum absolute atomic E-state index is 0. The van der Waals surface area contributed by atoms with E-state index in [1.165, 1.54) is 0 Å². The lowest BCUT2D eigenvalue weighted by molar-refractivity contribution is 0.368. The highest BCUT2D eigenvalue weighted by atomic mass is 16.5. The van der Waals surface area contributed by atoms with Gasteiger partial charge in [0.05, 0.1) is 38.6 Å². The van der Waals surface area contributed by atoms with Crippen molar-refractivity contribution in [2.75, 3.05) is 21.3 Å². The third-order valence-corrected chi connectivity index (χ3v) is 5.25. The van der Waals surface area contributed by atoms with Crippen molar-refractivity contribution < 1.29 is 14.2 Å². The van der Waals surface area contributed by atoms with Gasteiger partial charge in [0.1, 0.15) is 11.2 Å². The number of ether oxygens (including phenoxy) is 3. The molecule has 0 saturated carbocycles. The van der Waals surface area contributed by atoms with Crippen molar-refractivity contribution in [1.82, 2.24) is 33.5 Å². The molecule has 6 aromatic rings. The minimum Gasteiger partial charge on any atom is -0.480 e. The lowest BCUT2D eigenvalue weighted by atomic mass is 10.3. The topological polar surface area (TPSA) is 93.5 Å². The first-order valence-electron chi connectivity index (χ1n) is 10.8. The summed E-state index contributed by atoms with van der Waals surface area (Å²) in [6, 6.07) is 18.8. The second-order valence-electron chi connectivity index (χ2n) is 7.40. The molecule has 0 atom stereocenters. The Bertz CT molecular complexity index is 1440. The SMILES string of the molecule is C.C.COc1cn2ccccc2n1.COc1nc2ccccc2n1C.COc1nc2cccnc2n1C. The fourth-order valence-electron chi connectivity index (χ4n) is 3.50. The molecular weight excluding hydrogens is 470 g/mol. The van der Waals surface area contributed by atoms with Gasteiger partial charge in [-0.2, -0.15) is 15.0 Å². The summed E-state index contributed by atoms with van der Waals surface area (Å²) in [6.07, 6.45) is 5.52. The van der Waals surface area contributed by atoms with Crippen LogP contribution in [0.5, 0.6) is 17.9 Å². The van der Waals surface area contributed by atoms with Gasteiger partial charge in [0.2, 0.25) is 5.88 Å². The van der Waals surface area contributed by atoms with Gasteiger partial charge in [0.15, 0.2) is 5.65 Å². The summed E-state index contributed by atoms with van der Waals surface area (Å²) in [7, 11) is 8.65. The first-order chi connectivity index (χ1) is 17.0. The Hall–Kier alpha value is -4.60. The Balaban J connectivity index is 0.000000190. The standard InChI is InChI=1S/C9H10N2O.C8H9N3O.C8H8N2O.2CH4/c1-11-8-6-4-3-5-7(8)10-9(11)12-2;1-11-7-6(4-3-5-9-7)10-8(11)12-2;1-11-8-6-10-5-3-2-4-7(10)9-8;;/h3-6H,1-2H3;3-5H,1-2H3;2-6H,1H3;2*1H4. The lowest BCUT2D eigenvalue weighted by Gasteiger charge is -1.97. The van der Waals surface area contributed by atoms with Crippen molar-refractivity contribution >= 4 is 27.8 Å². The number of benzene rings is 1. The molecule has 10 nitrogen and oxygen atoms in total. The van der Waals surface area contributed by atoms with Crippen LogP contribution in [0.25, 0.3) is 27.8 Å². The average molecular weight is 506 g/mol. The monoisotopic (exact) mass is 505 g/mol. The van der Waals surface area contributed by atoms with E-state index in [9.17, 15) is 0 Å². The van der Waals surface area contributed by atoms with E-state index < -0.39 is 0 Å². The number of rotatable bonds is 3. The van der Waals surface area contributed by atoms with Crippen LogP contribution >= 0.6 is 0 Å². The van der Waals surface area contributed by atoms with Crippen molar-refractivity contribution in [1.29, 1.82) is 0 Å². The number of para-hydroxylation sites is 2. The van der Waals surface area contributed by atoms with Gasteiger partial charge in [-0.1, -0.05) is 33.1 Å². The maximum Gasteiger partial charge on any atom is 0.298 e. The molecule has 0 N–H and O–H groups in total. The number of hydrogen-bond acceptors (Lipinski definition) is 7. The van der Waals surface area contributed by atoms with Crippen LogP contribution in [0.1, 0.15) is 14.9 Å². The predicted octanol–water partition coefficient (Wildman–Crippen LogP) is 5.17. The number of fused-ring (bicyclic) bond motifs is 3. The molecule has 0 bridgehead atoms.